The van der Waals surface area contributed by atoms with Crippen LogP contribution in [0.15, 0.2) is 12.5 Å². The fourth-order valence-corrected chi connectivity index (χ4v) is 7.30. The first kappa shape index (κ1) is 51.9. The Bertz CT molecular complexity index is 1160. The maximum atomic E-state index is 14.3. The number of Topliss-reactive ketones (excluding diaryl/α,β-unsaturated/α-hetero) is 2. The highest BCUT2D eigenvalue weighted by molar-refractivity contribution is 6.12. The third-order valence-electron chi connectivity index (χ3n) is 10.8. The van der Waals surface area contributed by atoms with E-state index in [-0.39, 0.29) is 19.3 Å². The second kappa shape index (κ2) is 33.8. The fourth-order valence-electron chi connectivity index (χ4n) is 7.30. The lowest BCUT2D eigenvalue weighted by atomic mass is 9.82. The lowest BCUT2D eigenvalue weighted by Crippen LogP contribution is -2.62. The molecule has 328 valence electrons. The van der Waals surface area contributed by atoms with Crippen LogP contribution in [0, 0.1) is 0 Å². The molecule has 1 unspecified atom stereocenters. The van der Waals surface area contributed by atoms with Crippen LogP contribution in [-0.2, 0) is 39.9 Å². The van der Waals surface area contributed by atoms with Gasteiger partial charge in [0.05, 0.1) is 25.8 Å². The van der Waals surface area contributed by atoms with Gasteiger partial charge in [-0.1, -0.05) is 168 Å². The van der Waals surface area contributed by atoms with E-state index in [9.17, 15) is 29.1 Å². The number of unbranched alkanes of at least 4 members (excludes halogenated alkanes) is 24. The molecule has 0 aliphatic heterocycles. The minimum Gasteiger partial charge on any atom is -0.481 e. The first-order valence-electron chi connectivity index (χ1n) is 22.7. The van der Waals surface area contributed by atoms with Gasteiger partial charge in [0, 0.05) is 31.2 Å². The number of carbonyl (C=O) groups excluding carboxylic acids is 4. The highest BCUT2D eigenvalue weighted by Crippen LogP contribution is 2.30. The monoisotopic (exact) mass is 806 g/mol. The molecule has 0 saturated heterocycles. The van der Waals surface area contributed by atoms with Crippen molar-refractivity contribution in [2.75, 3.05) is 6.61 Å². The SMILES string of the molecule is CCCCCCCCCCCCCCCC(=O)C(OC(=O)[C@@H](N)Cc1cnc[nH]1)(C(=O)CCCCCCCCCCCCCCC)C(CO)OC(=O)CCC(=O)O. The third-order valence-corrected chi connectivity index (χ3v) is 10.8. The van der Waals surface area contributed by atoms with Crippen LogP contribution in [-0.4, -0.2) is 74.0 Å². The van der Waals surface area contributed by atoms with Gasteiger partial charge in [-0.2, -0.15) is 0 Å². The highest BCUT2D eigenvalue weighted by atomic mass is 16.6. The van der Waals surface area contributed by atoms with Crippen molar-refractivity contribution in [3.63, 3.8) is 0 Å². The molecule has 1 rings (SSSR count). The summed E-state index contributed by atoms with van der Waals surface area (Å²) in [6.07, 6.45) is 28.1. The van der Waals surface area contributed by atoms with Gasteiger partial charge in [-0.25, -0.2) is 4.98 Å². The van der Waals surface area contributed by atoms with Crippen molar-refractivity contribution in [2.45, 2.75) is 231 Å². The van der Waals surface area contributed by atoms with Crippen LogP contribution in [0.5, 0.6) is 0 Å². The molecular weight excluding hydrogens is 727 g/mol. The molecule has 12 nitrogen and oxygen atoms in total. The molecule has 0 radical (unpaired) electrons. The van der Waals surface area contributed by atoms with Crippen LogP contribution < -0.4 is 5.73 Å². The average molecular weight is 806 g/mol. The van der Waals surface area contributed by atoms with Crippen molar-refractivity contribution in [2.24, 2.45) is 5.73 Å². The number of carboxylic acids is 1. The number of rotatable bonds is 40. The van der Waals surface area contributed by atoms with Gasteiger partial charge in [0.15, 0.2) is 17.7 Å². The Morgan fingerprint density at radius 3 is 1.40 bits per heavy atom. The Kier molecular flexibility index (Phi) is 30.8. The van der Waals surface area contributed by atoms with Crippen molar-refractivity contribution in [1.82, 2.24) is 9.97 Å². The summed E-state index contributed by atoms with van der Waals surface area (Å²) in [6, 6.07) is -1.31. The lowest BCUT2D eigenvalue weighted by Gasteiger charge is -2.37. The summed E-state index contributed by atoms with van der Waals surface area (Å²) in [6.45, 7) is 3.44. The second-order valence-corrected chi connectivity index (χ2v) is 15.9. The molecule has 0 spiro atoms. The predicted molar refractivity (Wildman–Crippen MR) is 224 cm³/mol. The number of H-pyrrole nitrogens is 1. The minimum absolute atomic E-state index is 0.0306. The molecule has 57 heavy (non-hydrogen) atoms. The molecular formula is C45H79N3O9. The number of imidazole rings is 1. The third kappa shape index (κ3) is 23.8. The van der Waals surface area contributed by atoms with Crippen LogP contribution in [0.4, 0.5) is 0 Å². The maximum Gasteiger partial charge on any atom is 0.324 e. The molecule has 12 heteroatoms. The van der Waals surface area contributed by atoms with Crippen molar-refractivity contribution in [1.29, 1.82) is 0 Å². The number of esters is 2. The first-order valence-corrected chi connectivity index (χ1v) is 22.7. The summed E-state index contributed by atoms with van der Waals surface area (Å²) in [4.78, 5) is 73.0. The van der Waals surface area contributed by atoms with Crippen LogP contribution in [0.3, 0.4) is 0 Å². The number of aromatic nitrogens is 2. The van der Waals surface area contributed by atoms with E-state index < -0.39 is 66.7 Å². The molecule has 0 aliphatic rings. The summed E-state index contributed by atoms with van der Waals surface area (Å²) < 4.78 is 11.3. The van der Waals surface area contributed by atoms with E-state index in [1.165, 1.54) is 115 Å². The fraction of sp³-hybridized carbons (Fsp3) is 0.822. The topological polar surface area (TPSA) is 199 Å². The molecule has 0 aromatic carbocycles. The molecule has 0 amide bonds. The Morgan fingerprint density at radius 2 is 1.05 bits per heavy atom. The van der Waals surface area contributed by atoms with Crippen molar-refractivity contribution < 1.29 is 43.7 Å². The van der Waals surface area contributed by atoms with Gasteiger partial charge >= 0.3 is 17.9 Å². The molecule has 1 aromatic rings. The van der Waals surface area contributed by atoms with E-state index in [1.54, 1.807) is 0 Å². The molecule has 0 aliphatic carbocycles. The summed E-state index contributed by atoms with van der Waals surface area (Å²) in [5.74, 6) is -4.88. The second-order valence-electron chi connectivity index (χ2n) is 15.9. The van der Waals surface area contributed by atoms with Gasteiger partial charge in [0.2, 0.25) is 0 Å². The van der Waals surface area contributed by atoms with Gasteiger partial charge in [0.1, 0.15) is 6.04 Å². The smallest absolute Gasteiger partial charge is 0.324 e. The Balaban J connectivity index is 3.00. The number of aliphatic hydroxyl groups is 1. The molecule has 5 N–H and O–H groups in total. The number of hydrogen-bond donors (Lipinski definition) is 4. The zero-order valence-corrected chi connectivity index (χ0v) is 35.7. The molecule has 0 fully saturated rings. The number of carbonyl (C=O) groups is 5. The largest absolute Gasteiger partial charge is 0.481 e. The molecule has 1 heterocycles. The van der Waals surface area contributed by atoms with E-state index >= 15 is 0 Å². The van der Waals surface area contributed by atoms with Crippen LogP contribution in [0.2, 0.25) is 0 Å². The zero-order valence-electron chi connectivity index (χ0n) is 35.7. The van der Waals surface area contributed by atoms with Crippen LogP contribution in [0.25, 0.3) is 0 Å². The standard InChI is InChI=1S/C45H79N3O9/c1-3-5-7-9-11-13-15-17-19-21-23-25-27-29-39(50)45(41(35-49)56-43(54)32-31-42(52)53,57-44(55)38(46)33-37-34-47-36-48-37)40(51)30-28-26-24-22-20-18-16-14-12-10-8-6-4-2/h34,36,38,41,49H,3-33,35,46H2,1-2H3,(H,47,48)(H,52,53)/t38-,41?/m0/s1. The molecule has 2 atom stereocenters. The number of carboxylic acid groups (broad SMARTS) is 1. The van der Waals surface area contributed by atoms with E-state index in [1.807, 2.05) is 0 Å². The Hall–Kier alpha value is -3.12. The highest BCUT2D eigenvalue weighted by Gasteiger charge is 2.56. The Labute approximate surface area is 343 Å². The number of nitrogens with two attached hydrogens (primary N) is 1. The van der Waals surface area contributed by atoms with Crippen molar-refractivity contribution >= 4 is 29.5 Å². The minimum atomic E-state index is -2.63. The number of aliphatic carboxylic acids is 1. The van der Waals surface area contributed by atoms with E-state index in [4.69, 9.17) is 20.3 Å². The number of nitrogens with one attached hydrogen (secondary N) is 1. The number of aliphatic hydroxyl groups excluding tert-OH is 1. The van der Waals surface area contributed by atoms with Gasteiger partial charge in [-0.15, -0.1) is 0 Å². The van der Waals surface area contributed by atoms with Gasteiger partial charge in [-0.05, 0) is 12.8 Å². The van der Waals surface area contributed by atoms with Crippen LogP contribution >= 0.6 is 0 Å². The summed E-state index contributed by atoms with van der Waals surface area (Å²) in [7, 11) is 0. The predicted octanol–water partition coefficient (Wildman–Crippen LogP) is 9.43. The van der Waals surface area contributed by atoms with Crippen LogP contribution in [0.1, 0.15) is 212 Å². The lowest BCUT2D eigenvalue weighted by molar-refractivity contribution is -0.197. The summed E-state index contributed by atoms with van der Waals surface area (Å²) >= 11 is 0. The number of ether oxygens (including phenoxy) is 2. The van der Waals surface area contributed by atoms with E-state index in [0.717, 1.165) is 38.5 Å². The number of hydrogen-bond acceptors (Lipinski definition) is 10. The quantitative estimate of drug-likeness (QED) is 0.0280. The summed E-state index contributed by atoms with van der Waals surface area (Å²) in [5, 5.41) is 19.7. The molecule has 1 aromatic heterocycles. The average Bonchev–Trinajstić information content (AvgIpc) is 3.71. The number of ketones is 2. The number of nitrogens with zero attached hydrogens (tertiary/aromatic N) is 1. The number of aromatic amines is 1. The van der Waals surface area contributed by atoms with E-state index in [2.05, 4.69) is 23.8 Å². The maximum absolute atomic E-state index is 14.3. The van der Waals surface area contributed by atoms with Gasteiger partial charge in [-0.3, -0.25) is 24.0 Å². The van der Waals surface area contributed by atoms with E-state index in [0.29, 0.717) is 31.4 Å². The van der Waals surface area contributed by atoms with Gasteiger partial charge in [0.25, 0.3) is 5.60 Å². The normalized spacial score (nSPS) is 12.6. The van der Waals surface area contributed by atoms with Crippen molar-refractivity contribution in [3.05, 3.63) is 18.2 Å². The molecule has 0 bridgehead atoms. The van der Waals surface area contributed by atoms with Crippen molar-refractivity contribution in [3.8, 4) is 0 Å². The van der Waals surface area contributed by atoms with Gasteiger partial charge < -0.3 is 30.4 Å². The molecule has 0 saturated carbocycles. The Morgan fingerprint density at radius 1 is 0.649 bits per heavy atom. The summed E-state index contributed by atoms with van der Waals surface area (Å²) in [5.41, 5.74) is 4.10. The first-order chi connectivity index (χ1) is 27.6. The zero-order chi connectivity index (χ0) is 42.0.